The Morgan fingerprint density at radius 1 is 1.04 bits per heavy atom. The molecule has 0 unspecified atom stereocenters. The van der Waals surface area contributed by atoms with Crippen LogP contribution in [-0.4, -0.2) is 59.4 Å². The molecule has 0 bridgehead atoms. The average Bonchev–Trinajstić information content (AvgIpc) is 2.66. The summed E-state index contributed by atoms with van der Waals surface area (Å²) in [6, 6.07) is 12.1. The summed E-state index contributed by atoms with van der Waals surface area (Å²) in [5.74, 6) is -0.586. The molecule has 2 N–H and O–H groups in total. The third kappa shape index (κ3) is 5.27. The highest BCUT2D eigenvalue weighted by Gasteiger charge is 2.22. The Bertz CT molecular complexity index is 820. The van der Waals surface area contributed by atoms with Crippen molar-refractivity contribution in [1.82, 2.24) is 9.80 Å². The van der Waals surface area contributed by atoms with E-state index in [0.717, 1.165) is 0 Å². The fourth-order valence-electron chi connectivity index (χ4n) is 3.05. The predicted molar refractivity (Wildman–Crippen MR) is 100 cm³/mol. The fraction of sp³-hybridized carbons (Fsp3) is 0.300. The van der Waals surface area contributed by atoms with Crippen molar-refractivity contribution < 1.29 is 19.1 Å². The molecule has 0 saturated carbocycles. The van der Waals surface area contributed by atoms with Gasteiger partial charge in [-0.15, -0.1) is 0 Å². The van der Waals surface area contributed by atoms with Crippen LogP contribution >= 0.6 is 0 Å². The first-order valence-corrected chi connectivity index (χ1v) is 8.87. The molecule has 1 fully saturated rings. The summed E-state index contributed by atoms with van der Waals surface area (Å²) in [6.45, 7) is 3.07. The van der Waals surface area contributed by atoms with Gasteiger partial charge in [-0.1, -0.05) is 12.1 Å². The molecule has 1 saturated heterocycles. The minimum atomic E-state index is -0.389. The van der Waals surface area contributed by atoms with Gasteiger partial charge in [0.1, 0.15) is 11.6 Å². The highest BCUT2D eigenvalue weighted by atomic mass is 19.1. The van der Waals surface area contributed by atoms with Crippen molar-refractivity contribution in [3.8, 4) is 5.75 Å². The first-order valence-electron chi connectivity index (χ1n) is 8.87. The van der Waals surface area contributed by atoms with Crippen LogP contribution in [0.5, 0.6) is 5.75 Å². The quantitative estimate of drug-likeness (QED) is 0.846. The summed E-state index contributed by atoms with van der Waals surface area (Å²) in [5.41, 5.74) is 0.916. The van der Waals surface area contributed by atoms with E-state index in [9.17, 15) is 19.1 Å². The summed E-state index contributed by atoms with van der Waals surface area (Å²) >= 11 is 0. The van der Waals surface area contributed by atoms with Crippen LogP contribution in [0.2, 0.25) is 0 Å². The number of benzene rings is 2. The summed E-state index contributed by atoms with van der Waals surface area (Å²) in [4.78, 5) is 28.3. The largest absolute Gasteiger partial charge is 0.508 e. The summed E-state index contributed by atoms with van der Waals surface area (Å²) < 4.78 is 13.1. The second kappa shape index (κ2) is 8.64. The number of carbonyl (C=O) groups is 2. The normalized spacial score (nSPS) is 14.8. The number of nitrogens with one attached hydrogen (secondary N) is 1. The molecule has 27 heavy (non-hydrogen) atoms. The van der Waals surface area contributed by atoms with Gasteiger partial charge >= 0.3 is 0 Å². The Labute approximate surface area is 157 Å². The molecule has 1 aliphatic rings. The lowest BCUT2D eigenvalue weighted by Gasteiger charge is -2.34. The van der Waals surface area contributed by atoms with E-state index >= 15 is 0 Å². The third-order valence-electron chi connectivity index (χ3n) is 4.52. The van der Waals surface area contributed by atoms with E-state index in [0.29, 0.717) is 50.4 Å². The van der Waals surface area contributed by atoms with E-state index in [1.165, 1.54) is 24.3 Å². The van der Waals surface area contributed by atoms with Crippen molar-refractivity contribution in [3.05, 3.63) is 59.9 Å². The van der Waals surface area contributed by atoms with E-state index in [1.807, 2.05) is 0 Å². The minimum Gasteiger partial charge on any atom is -0.508 e. The van der Waals surface area contributed by atoms with Crippen molar-refractivity contribution >= 4 is 17.5 Å². The van der Waals surface area contributed by atoms with E-state index in [2.05, 4.69) is 10.2 Å². The van der Waals surface area contributed by atoms with Gasteiger partial charge in [0.25, 0.3) is 5.91 Å². The molecule has 2 aromatic rings. The van der Waals surface area contributed by atoms with Crippen LogP contribution < -0.4 is 5.32 Å². The summed E-state index contributed by atoms with van der Waals surface area (Å²) in [5, 5.41) is 12.2. The van der Waals surface area contributed by atoms with Crippen LogP contribution in [0.3, 0.4) is 0 Å². The van der Waals surface area contributed by atoms with Gasteiger partial charge in [0.2, 0.25) is 5.91 Å². The maximum absolute atomic E-state index is 13.1. The van der Waals surface area contributed by atoms with Crippen molar-refractivity contribution in [2.45, 2.75) is 6.42 Å². The molecule has 0 radical (unpaired) electrons. The molecule has 142 valence electrons. The Morgan fingerprint density at radius 3 is 2.48 bits per heavy atom. The lowest BCUT2D eigenvalue weighted by molar-refractivity contribution is -0.116. The van der Waals surface area contributed by atoms with Crippen LogP contribution in [0.4, 0.5) is 10.1 Å². The molecule has 1 aliphatic heterocycles. The number of piperazine rings is 1. The van der Waals surface area contributed by atoms with Crippen molar-refractivity contribution in [2.24, 2.45) is 0 Å². The molecule has 1 heterocycles. The lowest BCUT2D eigenvalue weighted by Crippen LogP contribution is -2.49. The molecule has 7 heteroatoms. The molecular weight excluding hydrogens is 349 g/mol. The second-order valence-corrected chi connectivity index (χ2v) is 6.49. The molecule has 6 nitrogen and oxygen atoms in total. The van der Waals surface area contributed by atoms with E-state index in [-0.39, 0.29) is 23.4 Å². The zero-order chi connectivity index (χ0) is 19.2. The highest BCUT2D eigenvalue weighted by Crippen LogP contribution is 2.15. The van der Waals surface area contributed by atoms with E-state index in [1.54, 1.807) is 29.2 Å². The maximum atomic E-state index is 13.1. The van der Waals surface area contributed by atoms with Gasteiger partial charge in [-0.2, -0.15) is 0 Å². The monoisotopic (exact) mass is 371 g/mol. The third-order valence-corrected chi connectivity index (χ3v) is 4.52. The molecule has 2 amide bonds. The van der Waals surface area contributed by atoms with Crippen molar-refractivity contribution in [1.29, 1.82) is 0 Å². The van der Waals surface area contributed by atoms with Crippen LogP contribution in [0.1, 0.15) is 16.8 Å². The first-order chi connectivity index (χ1) is 13.0. The standard InChI is InChI=1S/C20H22FN3O3/c21-16-4-2-5-17(14-16)22-19(26)7-8-23-9-11-24(12-10-23)20(27)15-3-1-6-18(25)13-15/h1-6,13-14,25H,7-12H2,(H,22,26). The van der Waals surface area contributed by atoms with Gasteiger partial charge < -0.3 is 15.3 Å². The predicted octanol–water partition coefficient (Wildman–Crippen LogP) is 2.32. The zero-order valence-electron chi connectivity index (χ0n) is 14.9. The molecule has 0 aromatic heterocycles. The number of carbonyl (C=O) groups excluding carboxylic acids is 2. The second-order valence-electron chi connectivity index (χ2n) is 6.49. The molecule has 3 rings (SSSR count). The van der Waals surface area contributed by atoms with Gasteiger partial charge in [0.15, 0.2) is 0 Å². The molecular formula is C20H22FN3O3. The SMILES string of the molecule is O=C(CCN1CCN(C(=O)c2cccc(O)c2)CC1)Nc1cccc(F)c1. The smallest absolute Gasteiger partial charge is 0.254 e. The molecule has 0 spiro atoms. The van der Waals surface area contributed by atoms with Gasteiger partial charge in [0.05, 0.1) is 0 Å². The Kier molecular flexibility index (Phi) is 6.03. The van der Waals surface area contributed by atoms with Crippen LogP contribution in [0.15, 0.2) is 48.5 Å². The van der Waals surface area contributed by atoms with Gasteiger partial charge in [-0.05, 0) is 36.4 Å². The van der Waals surface area contributed by atoms with E-state index in [4.69, 9.17) is 0 Å². The number of rotatable bonds is 5. The minimum absolute atomic E-state index is 0.0730. The van der Waals surface area contributed by atoms with Crippen LogP contribution in [0, 0.1) is 5.82 Å². The Hall–Kier alpha value is -2.93. The van der Waals surface area contributed by atoms with Gasteiger partial charge in [-0.25, -0.2) is 4.39 Å². The van der Waals surface area contributed by atoms with Gasteiger partial charge in [-0.3, -0.25) is 14.5 Å². The van der Waals surface area contributed by atoms with Gasteiger partial charge in [0, 0.05) is 50.4 Å². The first kappa shape index (κ1) is 18.8. The van der Waals surface area contributed by atoms with Crippen molar-refractivity contribution in [3.63, 3.8) is 0 Å². The summed E-state index contributed by atoms with van der Waals surface area (Å²) in [7, 11) is 0. The molecule has 0 aliphatic carbocycles. The number of halogens is 1. The van der Waals surface area contributed by atoms with Crippen LogP contribution in [-0.2, 0) is 4.79 Å². The number of hydrogen-bond acceptors (Lipinski definition) is 4. The number of aromatic hydroxyl groups is 1. The number of phenols is 1. The summed E-state index contributed by atoms with van der Waals surface area (Å²) in [6.07, 6.45) is 0.303. The van der Waals surface area contributed by atoms with E-state index < -0.39 is 0 Å². The molecule has 0 atom stereocenters. The number of anilines is 1. The molecule has 2 aromatic carbocycles. The number of phenolic OH excluding ortho intramolecular Hbond substituents is 1. The number of nitrogens with zero attached hydrogens (tertiary/aromatic N) is 2. The zero-order valence-corrected chi connectivity index (χ0v) is 14.9. The van der Waals surface area contributed by atoms with Crippen LogP contribution in [0.25, 0.3) is 0 Å². The maximum Gasteiger partial charge on any atom is 0.254 e. The highest BCUT2D eigenvalue weighted by molar-refractivity contribution is 5.94. The average molecular weight is 371 g/mol. The number of amides is 2. The Balaban J connectivity index is 1.43. The lowest BCUT2D eigenvalue weighted by atomic mass is 10.1. The Morgan fingerprint density at radius 2 is 1.78 bits per heavy atom. The van der Waals surface area contributed by atoms with Crippen molar-refractivity contribution in [2.75, 3.05) is 38.0 Å². The number of hydrogen-bond donors (Lipinski definition) is 2. The topological polar surface area (TPSA) is 72.9 Å². The fourth-order valence-corrected chi connectivity index (χ4v) is 3.05.